The van der Waals surface area contributed by atoms with Crippen LogP contribution in [0, 0.1) is 0 Å². The van der Waals surface area contributed by atoms with Gasteiger partial charge >= 0.3 is 0 Å². The van der Waals surface area contributed by atoms with Gasteiger partial charge in [-0.25, -0.2) is 0 Å². The SMILES string of the molecule is COc1ccc(CNC(=O)C2(C)COCc3nnc(C(C)C)n32)cc1. The molecule has 1 N–H and O–H groups in total. The van der Waals surface area contributed by atoms with Gasteiger partial charge in [-0.15, -0.1) is 10.2 Å². The van der Waals surface area contributed by atoms with Crippen LogP contribution in [0.25, 0.3) is 0 Å². The van der Waals surface area contributed by atoms with Gasteiger partial charge in [0.2, 0.25) is 5.91 Å². The molecule has 134 valence electrons. The smallest absolute Gasteiger partial charge is 0.248 e. The average Bonchev–Trinajstić information content (AvgIpc) is 3.06. The molecule has 1 aromatic heterocycles. The summed E-state index contributed by atoms with van der Waals surface area (Å²) in [6.07, 6.45) is 0. The number of nitrogens with zero attached hydrogens (tertiary/aromatic N) is 3. The maximum atomic E-state index is 13.0. The van der Waals surface area contributed by atoms with E-state index in [2.05, 4.69) is 15.5 Å². The minimum Gasteiger partial charge on any atom is -0.497 e. The molecule has 1 atom stereocenters. The molecule has 0 saturated carbocycles. The maximum Gasteiger partial charge on any atom is 0.248 e. The number of amides is 1. The van der Waals surface area contributed by atoms with Gasteiger partial charge in [0.25, 0.3) is 0 Å². The number of ether oxygens (including phenoxy) is 2. The lowest BCUT2D eigenvalue weighted by molar-refractivity contribution is -0.135. The van der Waals surface area contributed by atoms with E-state index in [0.717, 1.165) is 17.1 Å². The Hall–Kier alpha value is -2.41. The number of hydrogen-bond acceptors (Lipinski definition) is 5. The fourth-order valence-corrected chi connectivity index (χ4v) is 3.02. The molecule has 1 aliphatic rings. The normalized spacial score (nSPS) is 19.6. The number of aromatic nitrogens is 3. The highest BCUT2D eigenvalue weighted by molar-refractivity contribution is 5.84. The van der Waals surface area contributed by atoms with Crippen LogP contribution in [0.5, 0.6) is 5.75 Å². The summed E-state index contributed by atoms with van der Waals surface area (Å²) in [5.74, 6) is 2.36. The van der Waals surface area contributed by atoms with E-state index in [0.29, 0.717) is 25.6 Å². The number of nitrogens with one attached hydrogen (secondary N) is 1. The minimum absolute atomic E-state index is 0.106. The first-order valence-electron chi connectivity index (χ1n) is 8.39. The van der Waals surface area contributed by atoms with Crippen molar-refractivity contribution in [2.45, 2.75) is 45.4 Å². The monoisotopic (exact) mass is 344 g/mol. The van der Waals surface area contributed by atoms with Crippen molar-refractivity contribution in [1.82, 2.24) is 20.1 Å². The zero-order chi connectivity index (χ0) is 18.0. The zero-order valence-corrected chi connectivity index (χ0v) is 15.1. The summed E-state index contributed by atoms with van der Waals surface area (Å²) in [6, 6.07) is 7.62. The van der Waals surface area contributed by atoms with Gasteiger partial charge in [0.15, 0.2) is 5.82 Å². The highest BCUT2D eigenvalue weighted by atomic mass is 16.5. The Labute approximate surface area is 147 Å². The standard InChI is InChI=1S/C18H24N4O3/c1-12(2)16-21-20-15-10-25-11-18(3,22(15)16)17(23)19-9-13-5-7-14(24-4)8-6-13/h5-8,12H,9-11H2,1-4H3,(H,19,23). The van der Waals surface area contributed by atoms with Gasteiger partial charge in [0.1, 0.15) is 23.7 Å². The second-order valence-corrected chi connectivity index (χ2v) is 6.76. The molecule has 0 fully saturated rings. The zero-order valence-electron chi connectivity index (χ0n) is 15.1. The van der Waals surface area contributed by atoms with Crippen molar-refractivity contribution in [2.24, 2.45) is 0 Å². The summed E-state index contributed by atoms with van der Waals surface area (Å²) >= 11 is 0. The van der Waals surface area contributed by atoms with E-state index in [1.807, 2.05) is 49.6 Å². The van der Waals surface area contributed by atoms with Crippen molar-refractivity contribution in [3.8, 4) is 5.75 Å². The molecule has 0 saturated heterocycles. The summed E-state index contributed by atoms with van der Waals surface area (Å²) in [5, 5.41) is 11.4. The number of carbonyl (C=O) groups is 1. The molecule has 1 amide bonds. The van der Waals surface area contributed by atoms with Gasteiger partial charge in [-0.1, -0.05) is 26.0 Å². The third-order valence-corrected chi connectivity index (χ3v) is 4.48. The van der Waals surface area contributed by atoms with Crippen molar-refractivity contribution < 1.29 is 14.3 Å². The summed E-state index contributed by atoms with van der Waals surface area (Å²) in [5.41, 5.74) is 0.144. The molecule has 7 nitrogen and oxygen atoms in total. The van der Waals surface area contributed by atoms with Crippen LogP contribution in [0.2, 0.25) is 0 Å². The van der Waals surface area contributed by atoms with Crippen molar-refractivity contribution in [1.29, 1.82) is 0 Å². The van der Waals surface area contributed by atoms with Gasteiger partial charge in [0.05, 0.1) is 13.7 Å². The first-order valence-corrected chi connectivity index (χ1v) is 8.39. The van der Waals surface area contributed by atoms with Gasteiger partial charge < -0.3 is 14.8 Å². The predicted molar refractivity (Wildman–Crippen MR) is 92.3 cm³/mol. The van der Waals surface area contributed by atoms with Crippen LogP contribution in [0.15, 0.2) is 24.3 Å². The lowest BCUT2D eigenvalue weighted by atomic mass is 9.98. The van der Waals surface area contributed by atoms with Crippen molar-refractivity contribution in [3.05, 3.63) is 41.5 Å². The van der Waals surface area contributed by atoms with Crippen LogP contribution >= 0.6 is 0 Å². The van der Waals surface area contributed by atoms with Gasteiger partial charge in [-0.2, -0.15) is 0 Å². The number of hydrogen-bond donors (Lipinski definition) is 1. The summed E-state index contributed by atoms with van der Waals surface area (Å²) in [6.45, 7) is 7.07. The van der Waals surface area contributed by atoms with Crippen molar-refractivity contribution in [3.63, 3.8) is 0 Å². The largest absolute Gasteiger partial charge is 0.497 e. The van der Waals surface area contributed by atoms with Crippen LogP contribution in [0.1, 0.15) is 43.9 Å². The second-order valence-electron chi connectivity index (χ2n) is 6.76. The quantitative estimate of drug-likeness (QED) is 0.897. The molecule has 1 aliphatic heterocycles. The lowest BCUT2D eigenvalue weighted by Gasteiger charge is -2.35. The van der Waals surface area contributed by atoms with E-state index < -0.39 is 5.54 Å². The van der Waals surface area contributed by atoms with Crippen LogP contribution < -0.4 is 10.1 Å². The fourth-order valence-electron chi connectivity index (χ4n) is 3.02. The van der Waals surface area contributed by atoms with E-state index in [9.17, 15) is 4.79 Å². The molecule has 1 unspecified atom stereocenters. The first-order chi connectivity index (χ1) is 12.0. The van der Waals surface area contributed by atoms with Crippen LogP contribution in [0.4, 0.5) is 0 Å². The Bertz CT molecular complexity index is 754. The fraction of sp³-hybridized carbons (Fsp3) is 0.500. The van der Waals surface area contributed by atoms with E-state index >= 15 is 0 Å². The van der Waals surface area contributed by atoms with Crippen LogP contribution in [-0.4, -0.2) is 34.4 Å². The van der Waals surface area contributed by atoms with Gasteiger partial charge in [-0.3, -0.25) is 9.36 Å². The summed E-state index contributed by atoms with van der Waals surface area (Å²) < 4.78 is 12.7. The Morgan fingerprint density at radius 1 is 1.36 bits per heavy atom. The molecule has 0 radical (unpaired) electrons. The van der Waals surface area contributed by atoms with Gasteiger partial charge in [-0.05, 0) is 24.6 Å². The van der Waals surface area contributed by atoms with E-state index in [-0.39, 0.29) is 11.8 Å². The molecule has 2 aromatic rings. The Morgan fingerprint density at radius 2 is 2.08 bits per heavy atom. The predicted octanol–water partition coefficient (Wildman–Crippen LogP) is 1.97. The second kappa shape index (κ2) is 6.84. The number of rotatable bonds is 5. The van der Waals surface area contributed by atoms with Crippen molar-refractivity contribution in [2.75, 3.05) is 13.7 Å². The Kier molecular flexibility index (Phi) is 4.76. The van der Waals surface area contributed by atoms with Crippen LogP contribution in [-0.2, 0) is 28.2 Å². The van der Waals surface area contributed by atoms with E-state index in [1.165, 1.54) is 0 Å². The first kappa shape index (κ1) is 17.4. The van der Waals surface area contributed by atoms with Gasteiger partial charge in [0, 0.05) is 12.5 Å². The highest BCUT2D eigenvalue weighted by Crippen LogP contribution is 2.29. The molecule has 3 rings (SSSR count). The number of carbonyl (C=O) groups excluding carboxylic acids is 1. The Morgan fingerprint density at radius 3 is 2.72 bits per heavy atom. The molecule has 7 heteroatoms. The average molecular weight is 344 g/mol. The topological polar surface area (TPSA) is 78.3 Å². The lowest BCUT2D eigenvalue weighted by Crippen LogP contribution is -2.53. The molecule has 25 heavy (non-hydrogen) atoms. The molecule has 0 aliphatic carbocycles. The maximum absolute atomic E-state index is 13.0. The highest BCUT2D eigenvalue weighted by Gasteiger charge is 2.42. The Balaban J connectivity index is 1.79. The number of fused-ring (bicyclic) bond motifs is 1. The van der Waals surface area contributed by atoms with E-state index in [4.69, 9.17) is 9.47 Å². The molecule has 1 aromatic carbocycles. The third-order valence-electron chi connectivity index (χ3n) is 4.48. The van der Waals surface area contributed by atoms with Crippen molar-refractivity contribution >= 4 is 5.91 Å². The molecule has 2 heterocycles. The molecular weight excluding hydrogens is 320 g/mol. The number of methoxy groups -OCH3 is 1. The van der Waals surface area contributed by atoms with Crippen LogP contribution in [0.3, 0.4) is 0 Å². The minimum atomic E-state index is -0.858. The van der Waals surface area contributed by atoms with E-state index in [1.54, 1.807) is 7.11 Å². The number of benzene rings is 1. The molecular formula is C18H24N4O3. The summed E-state index contributed by atoms with van der Waals surface area (Å²) in [4.78, 5) is 13.0. The summed E-state index contributed by atoms with van der Waals surface area (Å²) in [7, 11) is 1.63. The molecule has 0 spiro atoms. The third kappa shape index (κ3) is 3.24. The molecule has 0 bridgehead atoms.